The monoisotopic (exact) mass is 488 g/mol. The highest BCUT2D eigenvalue weighted by Gasteiger charge is 2.37. The van der Waals surface area contributed by atoms with Crippen LogP contribution < -0.4 is 0 Å². The number of aliphatic hydroxyl groups is 2. The number of imidazole rings is 1. The van der Waals surface area contributed by atoms with E-state index < -0.39 is 24.4 Å². The first-order valence-electron chi connectivity index (χ1n) is 12.0. The molecule has 0 aliphatic carbocycles. The van der Waals surface area contributed by atoms with Gasteiger partial charge in [0.25, 0.3) is 0 Å². The maximum atomic E-state index is 11.2. The Morgan fingerprint density at radius 1 is 0.667 bits per heavy atom. The van der Waals surface area contributed by atoms with Gasteiger partial charge in [-0.3, -0.25) is 0 Å². The second-order valence-electron chi connectivity index (χ2n) is 8.54. The molecule has 1 aromatic heterocycles. The van der Waals surface area contributed by atoms with Crippen molar-refractivity contribution in [2.75, 3.05) is 6.61 Å². The number of nitrogens with zero attached hydrogens (tertiary/aromatic N) is 1. The predicted molar refractivity (Wildman–Crippen MR) is 136 cm³/mol. The molecule has 0 unspecified atom stereocenters. The van der Waals surface area contributed by atoms with Crippen LogP contribution in [0.3, 0.4) is 0 Å². The van der Waals surface area contributed by atoms with E-state index in [1.54, 1.807) is 0 Å². The predicted octanol–water partition coefficient (Wildman–Crippen LogP) is 4.19. The van der Waals surface area contributed by atoms with E-state index in [0.717, 1.165) is 16.7 Å². The van der Waals surface area contributed by atoms with Crippen LogP contribution in [-0.4, -0.2) is 45.1 Å². The zero-order valence-electron chi connectivity index (χ0n) is 20.0. The van der Waals surface area contributed by atoms with Crippen LogP contribution in [0.1, 0.15) is 28.5 Å². The fourth-order valence-electron chi connectivity index (χ4n) is 3.90. The molecule has 0 spiro atoms. The van der Waals surface area contributed by atoms with Gasteiger partial charge in [0.2, 0.25) is 0 Å². The van der Waals surface area contributed by atoms with Crippen molar-refractivity contribution in [1.82, 2.24) is 9.97 Å². The lowest BCUT2D eigenvalue weighted by molar-refractivity contribution is -0.177. The Morgan fingerprint density at radius 3 is 1.67 bits per heavy atom. The molecule has 4 atom stereocenters. The van der Waals surface area contributed by atoms with Gasteiger partial charge in [0, 0.05) is 0 Å². The molecule has 0 amide bonds. The molecule has 0 aliphatic heterocycles. The Hall–Kier alpha value is -3.33. The second kappa shape index (κ2) is 13.7. The third-order valence-electron chi connectivity index (χ3n) is 5.82. The van der Waals surface area contributed by atoms with Gasteiger partial charge in [0.15, 0.2) is 0 Å². The summed E-state index contributed by atoms with van der Waals surface area (Å²) in [6, 6.07) is 29.1. The van der Waals surface area contributed by atoms with Crippen LogP contribution in [0.4, 0.5) is 0 Å². The number of rotatable bonds is 14. The van der Waals surface area contributed by atoms with Gasteiger partial charge in [-0.2, -0.15) is 0 Å². The van der Waals surface area contributed by atoms with Crippen LogP contribution in [0.2, 0.25) is 0 Å². The van der Waals surface area contributed by atoms with E-state index in [2.05, 4.69) is 9.97 Å². The molecule has 0 bridgehead atoms. The molecule has 188 valence electrons. The lowest BCUT2D eigenvalue weighted by atomic mass is 10.0. The highest BCUT2D eigenvalue weighted by atomic mass is 16.6. The SMILES string of the molecule is O[C@H](c1cnc[nH]1)[C@H](OCc1ccccc1)[C@@H](OCc1ccccc1)[C@@H](O)COCc1ccccc1. The normalized spacial score (nSPS) is 14.7. The number of aromatic amines is 1. The third kappa shape index (κ3) is 7.58. The van der Waals surface area contributed by atoms with Gasteiger partial charge in [-0.25, -0.2) is 4.98 Å². The highest BCUT2D eigenvalue weighted by Crippen LogP contribution is 2.26. The summed E-state index contributed by atoms with van der Waals surface area (Å²) >= 11 is 0. The van der Waals surface area contributed by atoms with Gasteiger partial charge in [-0.05, 0) is 16.7 Å². The molecule has 4 rings (SSSR count). The van der Waals surface area contributed by atoms with Gasteiger partial charge < -0.3 is 29.4 Å². The fraction of sp³-hybridized carbons (Fsp3) is 0.276. The maximum Gasteiger partial charge on any atom is 0.124 e. The van der Waals surface area contributed by atoms with Gasteiger partial charge in [-0.1, -0.05) is 91.0 Å². The lowest BCUT2D eigenvalue weighted by Gasteiger charge is -2.33. The molecular formula is C29H32N2O5. The highest BCUT2D eigenvalue weighted by molar-refractivity contribution is 5.15. The molecule has 0 fully saturated rings. The molecule has 0 radical (unpaired) electrons. The molecule has 7 heteroatoms. The van der Waals surface area contributed by atoms with Crippen molar-refractivity contribution < 1.29 is 24.4 Å². The third-order valence-corrected chi connectivity index (χ3v) is 5.82. The zero-order valence-corrected chi connectivity index (χ0v) is 20.0. The number of hydrogen-bond donors (Lipinski definition) is 3. The summed E-state index contributed by atoms with van der Waals surface area (Å²) in [5, 5.41) is 22.5. The topological polar surface area (TPSA) is 96.8 Å². The standard InChI is InChI=1S/C29H32N2O5/c32-26(20-34-17-22-10-4-1-5-11-22)28(35-18-23-12-6-2-7-13-23)29(27(33)25-16-30-21-31-25)36-19-24-14-8-3-9-15-24/h1-16,21,26-29,32-33H,17-20H2,(H,30,31)/t26-,27+,28-,29-/m0/s1. The minimum atomic E-state index is -1.11. The number of hydrogen-bond acceptors (Lipinski definition) is 6. The molecule has 0 saturated heterocycles. The molecule has 36 heavy (non-hydrogen) atoms. The van der Waals surface area contributed by atoms with E-state index in [9.17, 15) is 10.2 Å². The van der Waals surface area contributed by atoms with Crippen molar-refractivity contribution in [3.05, 3.63) is 126 Å². The van der Waals surface area contributed by atoms with Crippen LogP contribution >= 0.6 is 0 Å². The van der Waals surface area contributed by atoms with E-state index >= 15 is 0 Å². The summed E-state index contributed by atoms with van der Waals surface area (Å²) in [6.07, 6.45) is -0.925. The van der Waals surface area contributed by atoms with Crippen LogP contribution in [0.5, 0.6) is 0 Å². The first-order valence-corrected chi connectivity index (χ1v) is 12.0. The van der Waals surface area contributed by atoms with E-state index in [-0.39, 0.29) is 19.8 Å². The van der Waals surface area contributed by atoms with Crippen molar-refractivity contribution in [2.45, 2.75) is 44.2 Å². The quantitative estimate of drug-likeness (QED) is 0.246. The van der Waals surface area contributed by atoms with Gasteiger partial charge >= 0.3 is 0 Å². The van der Waals surface area contributed by atoms with E-state index in [1.807, 2.05) is 91.0 Å². The van der Waals surface area contributed by atoms with Gasteiger partial charge in [0.1, 0.15) is 24.4 Å². The first-order chi connectivity index (χ1) is 17.7. The minimum absolute atomic E-state index is 0.00917. The van der Waals surface area contributed by atoms with Crippen molar-refractivity contribution in [3.8, 4) is 0 Å². The average molecular weight is 489 g/mol. The lowest BCUT2D eigenvalue weighted by Crippen LogP contribution is -2.46. The molecule has 0 aliphatic rings. The summed E-state index contributed by atoms with van der Waals surface area (Å²) in [4.78, 5) is 6.96. The number of aromatic nitrogens is 2. The van der Waals surface area contributed by atoms with Crippen molar-refractivity contribution in [2.24, 2.45) is 0 Å². The number of benzene rings is 3. The fourth-order valence-corrected chi connectivity index (χ4v) is 3.90. The first kappa shape index (κ1) is 25.8. The molecule has 4 aromatic rings. The largest absolute Gasteiger partial charge is 0.388 e. The van der Waals surface area contributed by atoms with Gasteiger partial charge in [-0.15, -0.1) is 0 Å². The summed E-state index contributed by atoms with van der Waals surface area (Å²) in [7, 11) is 0. The van der Waals surface area contributed by atoms with Crippen LogP contribution in [0.15, 0.2) is 104 Å². The molecule has 7 nitrogen and oxygen atoms in total. The minimum Gasteiger partial charge on any atom is -0.388 e. The second-order valence-corrected chi connectivity index (χ2v) is 8.54. The van der Waals surface area contributed by atoms with Crippen molar-refractivity contribution in [3.63, 3.8) is 0 Å². The Balaban J connectivity index is 1.52. The van der Waals surface area contributed by atoms with Crippen LogP contribution in [0.25, 0.3) is 0 Å². The number of H-pyrrole nitrogens is 1. The smallest absolute Gasteiger partial charge is 0.124 e. The maximum absolute atomic E-state index is 11.2. The van der Waals surface area contributed by atoms with Gasteiger partial charge in [0.05, 0.1) is 44.6 Å². The van der Waals surface area contributed by atoms with E-state index in [1.165, 1.54) is 12.5 Å². The Morgan fingerprint density at radius 2 is 1.17 bits per heavy atom. The molecule has 3 aromatic carbocycles. The number of aliphatic hydroxyl groups excluding tert-OH is 2. The van der Waals surface area contributed by atoms with E-state index in [0.29, 0.717) is 12.3 Å². The summed E-state index contributed by atoms with van der Waals surface area (Å²) in [6.45, 7) is 0.832. The van der Waals surface area contributed by atoms with Crippen molar-refractivity contribution in [1.29, 1.82) is 0 Å². The zero-order chi connectivity index (χ0) is 25.0. The Labute approximate surface area is 211 Å². The summed E-state index contributed by atoms with van der Waals surface area (Å²) in [5.41, 5.74) is 3.35. The van der Waals surface area contributed by atoms with Crippen LogP contribution in [0, 0.1) is 0 Å². The summed E-state index contributed by atoms with van der Waals surface area (Å²) < 4.78 is 18.2. The Bertz CT molecular complexity index is 1110. The Kier molecular flexibility index (Phi) is 9.78. The number of ether oxygens (including phenoxy) is 3. The van der Waals surface area contributed by atoms with Crippen LogP contribution in [-0.2, 0) is 34.0 Å². The van der Waals surface area contributed by atoms with E-state index in [4.69, 9.17) is 14.2 Å². The molecule has 1 heterocycles. The molecule has 0 saturated carbocycles. The molecular weight excluding hydrogens is 456 g/mol. The molecule has 3 N–H and O–H groups in total. The van der Waals surface area contributed by atoms with Crippen molar-refractivity contribution >= 4 is 0 Å². The number of nitrogens with one attached hydrogen (secondary N) is 1. The summed E-state index contributed by atoms with van der Waals surface area (Å²) in [5.74, 6) is 0. The average Bonchev–Trinajstić information content (AvgIpc) is 3.47.